The van der Waals surface area contributed by atoms with E-state index in [4.69, 9.17) is 27.9 Å². The summed E-state index contributed by atoms with van der Waals surface area (Å²) < 4.78 is 14.0. The Bertz CT molecular complexity index is 586. The van der Waals surface area contributed by atoms with Gasteiger partial charge in [0.15, 0.2) is 0 Å². The molecule has 0 unspecified atom stereocenters. The molecule has 0 fully saturated rings. The first-order chi connectivity index (χ1) is 9.92. The lowest BCUT2D eigenvalue weighted by Crippen LogP contribution is -2.15. The number of carbonyl (C=O) groups excluding carboxylic acids is 2. The number of rotatable bonds is 5. The van der Waals surface area contributed by atoms with Crippen LogP contribution in [-0.4, -0.2) is 33.3 Å². The minimum atomic E-state index is -0.761. The summed E-state index contributed by atoms with van der Waals surface area (Å²) in [4.78, 5) is 22.9. The molecular weight excluding hydrogens is 321 g/mol. The van der Waals surface area contributed by atoms with Crippen molar-refractivity contribution in [3.8, 4) is 5.75 Å². The van der Waals surface area contributed by atoms with E-state index in [2.05, 4.69) is 14.8 Å². The highest BCUT2D eigenvalue weighted by Gasteiger charge is 2.15. The van der Waals surface area contributed by atoms with Crippen molar-refractivity contribution in [3.63, 3.8) is 0 Å². The van der Waals surface area contributed by atoms with Crippen molar-refractivity contribution in [2.75, 3.05) is 26.6 Å². The van der Waals surface area contributed by atoms with Gasteiger partial charge >= 0.3 is 11.9 Å². The Balaban J connectivity index is 3.15. The standard InChI is InChI=1S/C13H13Cl2NO5/c1-19-11-5-7(14)9(4-8(11)15)16-10(13(18)21-3)6-12(17)20-2/h4-6,16H,1-3H3/b10-6+. The van der Waals surface area contributed by atoms with Gasteiger partial charge in [0.1, 0.15) is 11.4 Å². The molecule has 0 heterocycles. The molecule has 0 saturated carbocycles. The van der Waals surface area contributed by atoms with Crippen molar-refractivity contribution < 1.29 is 23.8 Å². The van der Waals surface area contributed by atoms with E-state index < -0.39 is 11.9 Å². The number of methoxy groups -OCH3 is 3. The largest absolute Gasteiger partial charge is 0.495 e. The fourth-order valence-electron chi connectivity index (χ4n) is 1.36. The van der Waals surface area contributed by atoms with Crippen LogP contribution in [0.3, 0.4) is 0 Å². The van der Waals surface area contributed by atoms with Crippen molar-refractivity contribution in [1.29, 1.82) is 0 Å². The number of esters is 2. The van der Waals surface area contributed by atoms with Crippen LogP contribution in [0.25, 0.3) is 0 Å². The lowest BCUT2D eigenvalue weighted by atomic mass is 10.2. The summed E-state index contributed by atoms with van der Waals surface area (Å²) in [6.07, 6.45) is 0.945. The Morgan fingerprint density at radius 2 is 1.76 bits per heavy atom. The molecule has 0 atom stereocenters. The van der Waals surface area contributed by atoms with E-state index in [1.54, 1.807) is 0 Å². The summed E-state index contributed by atoms with van der Waals surface area (Å²) in [5, 5.41) is 3.20. The van der Waals surface area contributed by atoms with Crippen LogP contribution in [0.4, 0.5) is 5.69 Å². The molecule has 0 aliphatic heterocycles. The molecule has 0 radical (unpaired) electrons. The third-order valence-electron chi connectivity index (χ3n) is 2.38. The number of ether oxygens (including phenoxy) is 3. The first-order valence-corrected chi connectivity index (χ1v) is 6.36. The fourth-order valence-corrected chi connectivity index (χ4v) is 1.80. The lowest BCUT2D eigenvalue weighted by molar-refractivity contribution is -0.138. The summed E-state index contributed by atoms with van der Waals surface area (Å²) in [7, 11) is 3.81. The highest BCUT2D eigenvalue weighted by Crippen LogP contribution is 2.34. The number of anilines is 1. The Morgan fingerprint density at radius 1 is 1.10 bits per heavy atom. The predicted molar refractivity (Wildman–Crippen MR) is 78.8 cm³/mol. The molecule has 0 amide bonds. The summed E-state index contributed by atoms with van der Waals surface area (Å²) >= 11 is 12.0. The Labute approximate surface area is 131 Å². The average molecular weight is 334 g/mol. The number of halogens is 2. The van der Waals surface area contributed by atoms with Crippen molar-refractivity contribution in [1.82, 2.24) is 0 Å². The van der Waals surface area contributed by atoms with E-state index in [9.17, 15) is 9.59 Å². The first kappa shape index (κ1) is 17.1. The molecule has 8 heteroatoms. The van der Waals surface area contributed by atoms with Crippen LogP contribution in [0.15, 0.2) is 23.9 Å². The normalized spacial score (nSPS) is 10.8. The maximum atomic E-state index is 11.6. The van der Waals surface area contributed by atoms with Gasteiger partial charge in [-0.25, -0.2) is 9.59 Å². The van der Waals surface area contributed by atoms with E-state index in [0.717, 1.165) is 6.08 Å². The fraction of sp³-hybridized carbons (Fsp3) is 0.231. The van der Waals surface area contributed by atoms with E-state index in [1.165, 1.54) is 33.5 Å². The van der Waals surface area contributed by atoms with Crippen LogP contribution in [-0.2, 0) is 19.1 Å². The first-order valence-electron chi connectivity index (χ1n) is 5.61. The highest BCUT2D eigenvalue weighted by atomic mass is 35.5. The van der Waals surface area contributed by atoms with E-state index in [1.807, 2.05) is 0 Å². The molecule has 0 saturated heterocycles. The second-order valence-electron chi connectivity index (χ2n) is 3.66. The molecule has 114 valence electrons. The predicted octanol–water partition coefficient (Wildman–Crippen LogP) is 2.64. The third-order valence-corrected chi connectivity index (χ3v) is 2.99. The molecule has 1 aromatic rings. The lowest BCUT2D eigenvalue weighted by Gasteiger charge is -2.12. The van der Waals surface area contributed by atoms with E-state index >= 15 is 0 Å². The van der Waals surface area contributed by atoms with Crippen molar-refractivity contribution in [2.24, 2.45) is 0 Å². The molecule has 21 heavy (non-hydrogen) atoms. The molecule has 6 nitrogen and oxygen atoms in total. The zero-order valence-corrected chi connectivity index (χ0v) is 13.0. The molecule has 1 N–H and O–H groups in total. The number of carbonyl (C=O) groups is 2. The molecule has 1 aromatic carbocycles. The highest BCUT2D eigenvalue weighted by molar-refractivity contribution is 6.36. The van der Waals surface area contributed by atoms with Crippen LogP contribution >= 0.6 is 23.2 Å². The van der Waals surface area contributed by atoms with Gasteiger partial charge in [0, 0.05) is 6.07 Å². The Hall–Kier alpha value is -1.92. The zero-order valence-electron chi connectivity index (χ0n) is 11.5. The van der Waals surface area contributed by atoms with Gasteiger partial charge in [0.2, 0.25) is 0 Å². The quantitative estimate of drug-likeness (QED) is 0.659. The van der Waals surface area contributed by atoms with Crippen molar-refractivity contribution in [3.05, 3.63) is 34.0 Å². The van der Waals surface area contributed by atoms with Gasteiger partial charge in [-0.1, -0.05) is 23.2 Å². The monoisotopic (exact) mass is 333 g/mol. The van der Waals surface area contributed by atoms with Crippen LogP contribution in [0, 0.1) is 0 Å². The van der Waals surface area contributed by atoms with Gasteiger partial charge in [0.05, 0.1) is 43.1 Å². The minimum absolute atomic E-state index is 0.146. The topological polar surface area (TPSA) is 73.9 Å². The molecule has 0 aliphatic rings. The molecule has 0 spiro atoms. The molecule has 0 aliphatic carbocycles. The van der Waals surface area contributed by atoms with E-state index in [-0.39, 0.29) is 15.7 Å². The van der Waals surface area contributed by atoms with Gasteiger partial charge in [-0.15, -0.1) is 0 Å². The maximum Gasteiger partial charge on any atom is 0.354 e. The van der Waals surface area contributed by atoms with Crippen LogP contribution in [0.1, 0.15) is 0 Å². The summed E-state index contributed by atoms with van der Waals surface area (Å²) in [5.74, 6) is -1.11. The summed E-state index contributed by atoms with van der Waals surface area (Å²) in [5.41, 5.74) is 0.163. The number of hydrogen-bond donors (Lipinski definition) is 1. The van der Waals surface area contributed by atoms with Gasteiger partial charge in [-0.2, -0.15) is 0 Å². The molecular formula is C13H13Cl2NO5. The Morgan fingerprint density at radius 3 is 2.29 bits per heavy atom. The number of benzene rings is 1. The Kier molecular flexibility index (Phi) is 6.33. The third kappa shape index (κ3) is 4.54. The minimum Gasteiger partial charge on any atom is -0.495 e. The van der Waals surface area contributed by atoms with Gasteiger partial charge in [-0.3, -0.25) is 0 Å². The SMILES string of the molecule is COC(=O)/C=C(/Nc1cc(Cl)c(OC)cc1Cl)C(=O)OC. The number of nitrogens with one attached hydrogen (secondary N) is 1. The van der Waals surface area contributed by atoms with Gasteiger partial charge in [-0.05, 0) is 6.07 Å². The molecule has 1 rings (SSSR count). The van der Waals surface area contributed by atoms with Crippen LogP contribution in [0.5, 0.6) is 5.75 Å². The molecule has 0 bridgehead atoms. The van der Waals surface area contributed by atoms with Gasteiger partial charge < -0.3 is 19.5 Å². The van der Waals surface area contributed by atoms with Crippen LogP contribution in [0.2, 0.25) is 10.0 Å². The smallest absolute Gasteiger partial charge is 0.354 e. The van der Waals surface area contributed by atoms with Crippen LogP contribution < -0.4 is 10.1 Å². The second kappa shape index (κ2) is 7.75. The van der Waals surface area contributed by atoms with Crippen molar-refractivity contribution in [2.45, 2.75) is 0 Å². The summed E-state index contributed by atoms with van der Waals surface area (Å²) in [6.45, 7) is 0. The second-order valence-corrected chi connectivity index (χ2v) is 4.48. The number of hydrogen-bond acceptors (Lipinski definition) is 6. The van der Waals surface area contributed by atoms with Gasteiger partial charge in [0.25, 0.3) is 0 Å². The van der Waals surface area contributed by atoms with E-state index in [0.29, 0.717) is 11.4 Å². The summed E-state index contributed by atoms with van der Waals surface area (Å²) in [6, 6.07) is 2.93. The average Bonchev–Trinajstić information content (AvgIpc) is 2.48. The molecule has 0 aromatic heterocycles. The van der Waals surface area contributed by atoms with Crippen molar-refractivity contribution >= 4 is 40.8 Å². The zero-order chi connectivity index (χ0) is 16.0. The maximum absolute atomic E-state index is 11.6.